The molecule has 446 valence electrons. The first kappa shape index (κ1) is 51.8. The van der Waals surface area contributed by atoms with Crippen LogP contribution in [-0.2, 0) is 5.41 Å². The Bertz CT molecular complexity index is 6690. The summed E-state index contributed by atoms with van der Waals surface area (Å²) < 4.78 is 11.6. The normalized spacial score (nSPS) is 13.6. The minimum atomic E-state index is -0.313. The van der Waals surface area contributed by atoms with Crippen LogP contribution in [0.15, 0.2) is 283 Å². The van der Waals surface area contributed by atoms with Gasteiger partial charge in [0, 0.05) is 60.2 Å². The lowest BCUT2D eigenvalue weighted by atomic mass is 9.81. The molecule has 0 saturated heterocycles. The summed E-state index contributed by atoms with van der Waals surface area (Å²) in [5.41, 5.74) is 25.0. The summed E-state index contributed by atoms with van der Waals surface area (Å²) in [6.45, 7) is 4.75. The second-order valence-electron chi connectivity index (χ2n) is 26.4. The number of fused-ring (bicyclic) bond motifs is 23. The maximum atomic E-state index is 6.94. The molecule has 5 aromatic heterocycles. The van der Waals surface area contributed by atoms with Gasteiger partial charge in [-0.25, -0.2) is 19.9 Å². The van der Waals surface area contributed by atoms with Crippen LogP contribution in [0.5, 0.6) is 0 Å². The van der Waals surface area contributed by atoms with Crippen LogP contribution >= 0.6 is 0 Å². The second-order valence-corrected chi connectivity index (χ2v) is 26.4. The molecule has 14 aromatic carbocycles. The molecule has 0 N–H and O–H groups in total. The van der Waals surface area contributed by atoms with Gasteiger partial charge in [0.1, 0.15) is 11.1 Å². The molecule has 7 heterocycles. The van der Waals surface area contributed by atoms with Gasteiger partial charge in [-0.3, -0.25) is 9.13 Å². The highest BCUT2D eigenvalue weighted by Gasteiger charge is 2.40. The van der Waals surface area contributed by atoms with Crippen molar-refractivity contribution in [1.82, 2.24) is 29.1 Å². The van der Waals surface area contributed by atoms with Crippen LogP contribution in [0.25, 0.3) is 166 Å². The maximum absolute atomic E-state index is 6.94. The number of anilines is 6. The average Bonchev–Trinajstić information content (AvgIpc) is 1.51. The lowest BCUT2D eigenvalue weighted by Crippen LogP contribution is -2.18. The van der Waals surface area contributed by atoms with E-state index in [0.717, 1.165) is 155 Å². The van der Waals surface area contributed by atoms with Gasteiger partial charge in [0.15, 0.2) is 5.58 Å². The van der Waals surface area contributed by atoms with E-state index in [9.17, 15) is 0 Å². The molecule has 9 nitrogen and oxygen atoms in total. The molecule has 3 aliphatic rings. The van der Waals surface area contributed by atoms with E-state index < -0.39 is 0 Å². The van der Waals surface area contributed by atoms with E-state index in [1.807, 2.05) is 6.07 Å². The lowest BCUT2D eigenvalue weighted by Gasteiger charge is -2.33. The molecule has 19 aromatic rings. The minimum Gasteiger partial charge on any atom is -0.454 e. The van der Waals surface area contributed by atoms with Gasteiger partial charge >= 0.3 is 0 Å². The highest BCUT2D eigenvalue weighted by atomic mass is 16.3. The third-order valence-corrected chi connectivity index (χ3v) is 21.1. The zero-order valence-electron chi connectivity index (χ0n) is 52.0. The van der Waals surface area contributed by atoms with Crippen LogP contribution < -0.4 is 9.80 Å². The van der Waals surface area contributed by atoms with Gasteiger partial charge in [-0.05, 0) is 140 Å². The molecule has 0 saturated carbocycles. The molecular weight excluding hydrogens is 1170 g/mol. The monoisotopic (exact) mass is 1220 g/mol. The molecule has 1 aliphatic carbocycles. The molecular formula is C87H52N8O. The Labute approximate surface area is 549 Å². The fourth-order valence-corrected chi connectivity index (χ4v) is 17.1. The number of aromatic nitrogens is 6. The summed E-state index contributed by atoms with van der Waals surface area (Å²) in [5.74, 6) is 1.25. The smallest absolute Gasteiger partial charge is 0.235 e. The molecule has 0 fully saturated rings. The van der Waals surface area contributed by atoms with E-state index >= 15 is 0 Å². The largest absolute Gasteiger partial charge is 0.454 e. The third-order valence-electron chi connectivity index (χ3n) is 21.1. The van der Waals surface area contributed by atoms with Gasteiger partial charge in [-0.2, -0.15) is 0 Å². The Hall–Kier alpha value is -12.7. The van der Waals surface area contributed by atoms with Crippen molar-refractivity contribution in [3.63, 3.8) is 0 Å². The zero-order valence-corrected chi connectivity index (χ0v) is 52.0. The quantitative estimate of drug-likeness (QED) is 0.170. The van der Waals surface area contributed by atoms with E-state index in [2.05, 4.69) is 306 Å². The summed E-state index contributed by atoms with van der Waals surface area (Å²) >= 11 is 0. The second kappa shape index (κ2) is 18.7. The first-order chi connectivity index (χ1) is 47.4. The van der Waals surface area contributed by atoms with Crippen LogP contribution in [0, 0.1) is 0 Å². The van der Waals surface area contributed by atoms with Crippen molar-refractivity contribution in [3.8, 4) is 56.7 Å². The molecule has 0 radical (unpaired) electrons. The minimum absolute atomic E-state index is 0.313. The van der Waals surface area contributed by atoms with Crippen LogP contribution in [0.3, 0.4) is 0 Å². The SMILES string of the molecule is CC1(C)c2ccccc2-c2ccc3c4c5ccc(-c6ccc(N7c8ccccc8-c8nc(-n9c%10ccccc%10c%10c%11ccccc%11c%11c%12ccccc%12oc%11c%109)nc9cccc7c89)cc6)cc5ccc4n(-c4nc5c6c(cccc6n4)N(c4ccccc4)c4ccccc4-5)c3c21. The Kier molecular flexibility index (Phi) is 10.1. The standard InChI is InChI=1S/C87H52N8O/c1-87(2)64-29-13-8-22-55(64)58-45-46-63-74-54-44-40-50(48-51(54)41-47-72(74)95(82(63)79(58)87)86-89-66-31-18-35-70-77(66)81(91-86)60-26-10-15-33-68(60)92(70)52-20-4-3-5-21-52)49-38-42-53(43-39-49)93-69-34-16-11-27-61(69)80-78-65(30-19-36-71(78)93)88-85(90-80)94-67-32-14-9-25-59(67)75-56-23-6-7-24-57(56)76-62-28-12-17-37-73(62)96-84(76)83(75)94/h3-48H,1-2H3. The summed E-state index contributed by atoms with van der Waals surface area (Å²) in [5, 5.41) is 13.5. The van der Waals surface area contributed by atoms with E-state index in [4.69, 9.17) is 24.4 Å². The molecule has 0 unspecified atom stereocenters. The van der Waals surface area contributed by atoms with Crippen molar-refractivity contribution in [2.24, 2.45) is 0 Å². The van der Waals surface area contributed by atoms with Gasteiger partial charge in [-0.1, -0.05) is 208 Å². The van der Waals surface area contributed by atoms with Gasteiger partial charge in [0.2, 0.25) is 11.9 Å². The zero-order chi connectivity index (χ0) is 62.8. The van der Waals surface area contributed by atoms with Crippen molar-refractivity contribution >= 4 is 143 Å². The summed E-state index contributed by atoms with van der Waals surface area (Å²) in [4.78, 5) is 27.3. The molecule has 0 spiro atoms. The van der Waals surface area contributed by atoms with E-state index in [1.54, 1.807) is 0 Å². The van der Waals surface area contributed by atoms with Crippen LogP contribution in [0.2, 0.25) is 0 Å². The van der Waals surface area contributed by atoms with Crippen LogP contribution in [0.1, 0.15) is 25.0 Å². The van der Waals surface area contributed by atoms with Crippen molar-refractivity contribution < 1.29 is 4.42 Å². The topological polar surface area (TPSA) is 81.0 Å². The Morgan fingerprint density at radius 2 is 0.885 bits per heavy atom. The fraction of sp³-hybridized carbons (Fsp3) is 0.0345. The predicted octanol–water partition coefficient (Wildman–Crippen LogP) is 22.8. The predicted molar refractivity (Wildman–Crippen MR) is 394 cm³/mol. The van der Waals surface area contributed by atoms with Crippen LogP contribution in [0.4, 0.5) is 34.1 Å². The molecule has 0 bridgehead atoms. The highest BCUT2D eigenvalue weighted by Crippen LogP contribution is 2.57. The van der Waals surface area contributed by atoms with Crippen molar-refractivity contribution in [3.05, 3.63) is 290 Å². The number of para-hydroxylation sites is 5. The maximum Gasteiger partial charge on any atom is 0.235 e. The molecule has 2 aliphatic heterocycles. The third kappa shape index (κ3) is 6.76. The van der Waals surface area contributed by atoms with E-state index in [-0.39, 0.29) is 5.41 Å². The molecule has 22 rings (SSSR count). The van der Waals surface area contributed by atoms with Gasteiger partial charge in [0.25, 0.3) is 0 Å². The van der Waals surface area contributed by atoms with Crippen molar-refractivity contribution in [1.29, 1.82) is 0 Å². The molecule has 0 atom stereocenters. The van der Waals surface area contributed by atoms with Gasteiger partial charge in [0.05, 0.1) is 72.5 Å². The number of furan rings is 1. The number of rotatable bonds is 5. The number of nitrogens with zero attached hydrogens (tertiary/aromatic N) is 8. The highest BCUT2D eigenvalue weighted by molar-refractivity contribution is 6.35. The lowest BCUT2D eigenvalue weighted by molar-refractivity contribution is 0.663. The summed E-state index contributed by atoms with van der Waals surface area (Å²) in [6.07, 6.45) is 0. The van der Waals surface area contributed by atoms with E-state index in [1.165, 1.54) is 43.8 Å². The first-order valence-corrected chi connectivity index (χ1v) is 32.9. The average molecular weight is 1230 g/mol. The number of benzene rings is 14. The van der Waals surface area contributed by atoms with Gasteiger partial charge in [-0.15, -0.1) is 0 Å². The summed E-state index contributed by atoms with van der Waals surface area (Å²) in [6, 6.07) is 101. The van der Waals surface area contributed by atoms with Gasteiger partial charge < -0.3 is 14.2 Å². The fourth-order valence-electron chi connectivity index (χ4n) is 17.1. The Balaban J connectivity index is 0.684. The Morgan fingerprint density at radius 3 is 1.59 bits per heavy atom. The Morgan fingerprint density at radius 1 is 0.333 bits per heavy atom. The first-order valence-electron chi connectivity index (χ1n) is 32.9. The summed E-state index contributed by atoms with van der Waals surface area (Å²) in [7, 11) is 0. The molecule has 0 amide bonds. The van der Waals surface area contributed by atoms with E-state index in [0.29, 0.717) is 11.9 Å². The number of hydrogen-bond acceptors (Lipinski definition) is 7. The van der Waals surface area contributed by atoms with Crippen molar-refractivity contribution in [2.75, 3.05) is 9.80 Å². The number of hydrogen-bond donors (Lipinski definition) is 0. The van der Waals surface area contributed by atoms with Crippen LogP contribution in [-0.4, -0.2) is 29.1 Å². The van der Waals surface area contributed by atoms with Crippen molar-refractivity contribution in [2.45, 2.75) is 19.3 Å². The molecule has 9 heteroatoms. The molecule has 96 heavy (non-hydrogen) atoms.